The van der Waals surface area contributed by atoms with Gasteiger partial charge in [0, 0.05) is 11.6 Å². The van der Waals surface area contributed by atoms with Gasteiger partial charge in [0.1, 0.15) is 12.3 Å². The summed E-state index contributed by atoms with van der Waals surface area (Å²) < 4.78 is 16.2. The molecule has 0 radical (unpaired) electrons. The third-order valence-electron chi connectivity index (χ3n) is 5.52. The Balaban J connectivity index is 1.56. The van der Waals surface area contributed by atoms with Crippen molar-refractivity contribution in [2.75, 3.05) is 38.8 Å². The first-order chi connectivity index (χ1) is 14.5. The summed E-state index contributed by atoms with van der Waals surface area (Å²) >= 11 is 6.10. The Morgan fingerprint density at radius 2 is 1.97 bits per heavy atom. The molecule has 0 bridgehead atoms. The monoisotopic (exact) mass is 430 g/mol. The van der Waals surface area contributed by atoms with Gasteiger partial charge in [0.05, 0.1) is 25.9 Å². The largest absolute Gasteiger partial charge is 0.493 e. The third-order valence-corrected chi connectivity index (χ3v) is 5.76. The number of nitrogens with zero attached hydrogens (tertiary/aromatic N) is 2. The molecule has 2 aliphatic rings. The van der Waals surface area contributed by atoms with E-state index in [1.807, 2.05) is 23.1 Å². The highest BCUT2D eigenvalue weighted by Crippen LogP contribution is 2.38. The summed E-state index contributed by atoms with van der Waals surface area (Å²) in [4.78, 5) is 29.0. The molecule has 2 aliphatic heterocycles. The predicted molar refractivity (Wildman–Crippen MR) is 113 cm³/mol. The van der Waals surface area contributed by atoms with E-state index in [0.29, 0.717) is 34.5 Å². The van der Waals surface area contributed by atoms with E-state index < -0.39 is 0 Å². The molecule has 2 aromatic rings. The van der Waals surface area contributed by atoms with Gasteiger partial charge in [0.2, 0.25) is 5.91 Å². The Morgan fingerprint density at radius 3 is 2.73 bits per heavy atom. The molecule has 2 amide bonds. The SMILES string of the molecule is COc1ccc(C2CCCN2C(=O)CN2C(=O)COc3ccc(Cl)cc32)cc1OC. The van der Waals surface area contributed by atoms with E-state index >= 15 is 0 Å². The number of likely N-dealkylation sites (tertiary alicyclic amines) is 1. The zero-order chi connectivity index (χ0) is 21.3. The van der Waals surface area contributed by atoms with Gasteiger partial charge in [0.15, 0.2) is 18.1 Å². The van der Waals surface area contributed by atoms with Crippen LogP contribution in [0.5, 0.6) is 17.2 Å². The van der Waals surface area contributed by atoms with E-state index in [1.54, 1.807) is 32.4 Å². The molecular weight excluding hydrogens is 408 g/mol. The van der Waals surface area contributed by atoms with Crippen LogP contribution in [0, 0.1) is 0 Å². The van der Waals surface area contributed by atoms with E-state index in [9.17, 15) is 9.59 Å². The number of halogens is 1. The normalized spacial score (nSPS) is 18.1. The maximum absolute atomic E-state index is 13.2. The van der Waals surface area contributed by atoms with Crippen molar-refractivity contribution in [3.8, 4) is 17.2 Å². The molecular formula is C22H23ClN2O5. The second-order valence-corrected chi connectivity index (χ2v) is 7.68. The molecule has 8 heteroatoms. The van der Waals surface area contributed by atoms with E-state index in [0.717, 1.165) is 18.4 Å². The van der Waals surface area contributed by atoms with Crippen LogP contribution in [0.25, 0.3) is 0 Å². The van der Waals surface area contributed by atoms with Gasteiger partial charge in [-0.3, -0.25) is 14.5 Å². The molecule has 1 fully saturated rings. The zero-order valence-corrected chi connectivity index (χ0v) is 17.6. The lowest BCUT2D eigenvalue weighted by Gasteiger charge is -2.32. The number of benzene rings is 2. The first-order valence-corrected chi connectivity index (χ1v) is 10.1. The second kappa shape index (κ2) is 8.44. The lowest BCUT2D eigenvalue weighted by molar-refractivity contribution is -0.132. The maximum Gasteiger partial charge on any atom is 0.265 e. The number of carbonyl (C=O) groups is 2. The minimum Gasteiger partial charge on any atom is -0.493 e. The van der Waals surface area contributed by atoms with E-state index in [1.165, 1.54) is 4.90 Å². The average Bonchev–Trinajstić information content (AvgIpc) is 3.25. The summed E-state index contributed by atoms with van der Waals surface area (Å²) in [6.45, 7) is 0.485. The van der Waals surface area contributed by atoms with Gasteiger partial charge in [-0.2, -0.15) is 0 Å². The van der Waals surface area contributed by atoms with Crippen molar-refractivity contribution in [2.45, 2.75) is 18.9 Å². The maximum atomic E-state index is 13.2. The Labute approximate surface area is 180 Å². The second-order valence-electron chi connectivity index (χ2n) is 7.24. The standard InChI is InChI=1S/C22H23ClN2O5/c1-28-19-7-5-14(10-20(19)29-2)16-4-3-9-24(16)21(26)12-25-17-11-15(23)6-8-18(17)30-13-22(25)27/h5-8,10-11,16H,3-4,9,12-13H2,1-2H3. The lowest BCUT2D eigenvalue weighted by atomic mass is 10.0. The molecule has 1 atom stereocenters. The fraction of sp³-hybridized carbons (Fsp3) is 0.364. The third kappa shape index (κ3) is 3.77. The first kappa shape index (κ1) is 20.3. The minimum absolute atomic E-state index is 0.0562. The number of anilines is 1. The van der Waals surface area contributed by atoms with Crippen LogP contribution in [0.15, 0.2) is 36.4 Å². The van der Waals surface area contributed by atoms with Crippen LogP contribution in [0.4, 0.5) is 5.69 Å². The summed E-state index contributed by atoms with van der Waals surface area (Å²) in [5.41, 5.74) is 1.50. The Hall–Kier alpha value is -2.93. The number of hydrogen-bond donors (Lipinski definition) is 0. The smallest absolute Gasteiger partial charge is 0.265 e. The molecule has 2 aromatic carbocycles. The number of rotatable bonds is 5. The highest BCUT2D eigenvalue weighted by Gasteiger charge is 2.34. The summed E-state index contributed by atoms with van der Waals surface area (Å²) in [5.74, 6) is 1.43. The van der Waals surface area contributed by atoms with Crippen LogP contribution < -0.4 is 19.1 Å². The highest BCUT2D eigenvalue weighted by atomic mass is 35.5. The van der Waals surface area contributed by atoms with Crippen LogP contribution in [0.3, 0.4) is 0 Å². The molecule has 0 aliphatic carbocycles. The van der Waals surface area contributed by atoms with Crippen molar-refractivity contribution in [1.29, 1.82) is 0 Å². The van der Waals surface area contributed by atoms with Crippen molar-refractivity contribution >= 4 is 29.1 Å². The van der Waals surface area contributed by atoms with Crippen molar-refractivity contribution in [1.82, 2.24) is 4.90 Å². The van der Waals surface area contributed by atoms with Crippen LogP contribution >= 0.6 is 11.6 Å². The van der Waals surface area contributed by atoms with Gasteiger partial charge in [-0.15, -0.1) is 0 Å². The Bertz CT molecular complexity index is 980. The van der Waals surface area contributed by atoms with Gasteiger partial charge >= 0.3 is 0 Å². The number of amides is 2. The van der Waals surface area contributed by atoms with Gasteiger partial charge < -0.3 is 19.1 Å². The molecule has 1 unspecified atom stereocenters. The highest BCUT2D eigenvalue weighted by molar-refractivity contribution is 6.31. The fourth-order valence-electron chi connectivity index (χ4n) is 4.05. The number of carbonyl (C=O) groups excluding carboxylic acids is 2. The molecule has 4 rings (SSSR count). The molecule has 1 saturated heterocycles. The average molecular weight is 431 g/mol. The lowest BCUT2D eigenvalue weighted by Crippen LogP contribution is -2.46. The van der Waals surface area contributed by atoms with Gasteiger partial charge in [-0.25, -0.2) is 0 Å². The van der Waals surface area contributed by atoms with Gasteiger partial charge in [-0.05, 0) is 48.7 Å². The first-order valence-electron chi connectivity index (χ1n) is 9.76. The zero-order valence-electron chi connectivity index (χ0n) is 16.9. The van der Waals surface area contributed by atoms with Crippen molar-refractivity contribution in [3.05, 3.63) is 47.0 Å². The van der Waals surface area contributed by atoms with Crippen molar-refractivity contribution < 1.29 is 23.8 Å². The van der Waals surface area contributed by atoms with Crippen molar-refractivity contribution in [2.24, 2.45) is 0 Å². The van der Waals surface area contributed by atoms with Gasteiger partial charge in [-0.1, -0.05) is 17.7 Å². The summed E-state index contributed by atoms with van der Waals surface area (Å²) in [7, 11) is 3.18. The van der Waals surface area contributed by atoms with Crippen LogP contribution in [-0.4, -0.2) is 50.6 Å². The summed E-state index contributed by atoms with van der Waals surface area (Å²) in [6.07, 6.45) is 1.74. The van der Waals surface area contributed by atoms with Crippen LogP contribution in [-0.2, 0) is 9.59 Å². The Kier molecular flexibility index (Phi) is 5.72. The molecule has 2 heterocycles. The molecule has 0 aromatic heterocycles. The number of methoxy groups -OCH3 is 2. The summed E-state index contributed by atoms with van der Waals surface area (Å²) in [6, 6.07) is 10.7. The molecule has 30 heavy (non-hydrogen) atoms. The van der Waals surface area contributed by atoms with Crippen molar-refractivity contribution in [3.63, 3.8) is 0 Å². The van der Waals surface area contributed by atoms with Crippen LogP contribution in [0.1, 0.15) is 24.4 Å². The number of hydrogen-bond acceptors (Lipinski definition) is 5. The molecule has 0 spiro atoms. The molecule has 0 saturated carbocycles. The van der Waals surface area contributed by atoms with Crippen LogP contribution in [0.2, 0.25) is 5.02 Å². The molecule has 7 nitrogen and oxygen atoms in total. The van der Waals surface area contributed by atoms with Gasteiger partial charge in [0.25, 0.3) is 5.91 Å². The number of fused-ring (bicyclic) bond motifs is 1. The fourth-order valence-corrected chi connectivity index (χ4v) is 4.21. The predicted octanol–water partition coefficient (Wildman–Crippen LogP) is 3.45. The Morgan fingerprint density at radius 1 is 1.17 bits per heavy atom. The molecule has 158 valence electrons. The van der Waals surface area contributed by atoms with E-state index in [4.69, 9.17) is 25.8 Å². The van der Waals surface area contributed by atoms with E-state index in [2.05, 4.69) is 0 Å². The number of ether oxygens (including phenoxy) is 3. The topological polar surface area (TPSA) is 68.3 Å². The quantitative estimate of drug-likeness (QED) is 0.726. The minimum atomic E-state index is -0.264. The summed E-state index contributed by atoms with van der Waals surface area (Å²) in [5, 5.41) is 0.480. The van der Waals surface area contributed by atoms with E-state index in [-0.39, 0.29) is 31.0 Å². The molecule has 0 N–H and O–H groups in total.